The van der Waals surface area contributed by atoms with Crippen molar-refractivity contribution in [3.05, 3.63) is 68.9 Å². The Morgan fingerprint density at radius 3 is 2.70 bits per heavy atom. The Morgan fingerprint density at radius 1 is 1.25 bits per heavy atom. The molecule has 0 aromatic heterocycles. The predicted molar refractivity (Wildman–Crippen MR) is 85.7 cm³/mol. The summed E-state index contributed by atoms with van der Waals surface area (Å²) in [5.74, 6) is -0.265. The second kappa shape index (κ2) is 7.21. The zero-order chi connectivity index (χ0) is 14.5. The van der Waals surface area contributed by atoms with Crippen molar-refractivity contribution in [1.82, 2.24) is 5.32 Å². The van der Waals surface area contributed by atoms with Crippen LogP contribution < -0.4 is 5.32 Å². The van der Waals surface area contributed by atoms with E-state index in [4.69, 9.17) is 11.6 Å². The van der Waals surface area contributed by atoms with Crippen LogP contribution in [-0.2, 0) is 6.42 Å². The second-order valence-corrected chi connectivity index (χ2v) is 5.96. The molecule has 0 saturated carbocycles. The lowest BCUT2D eigenvalue weighted by Gasteiger charge is -2.19. The number of benzene rings is 2. The van der Waals surface area contributed by atoms with Gasteiger partial charge in [0.1, 0.15) is 5.82 Å². The lowest BCUT2D eigenvalue weighted by atomic mass is 9.98. The lowest BCUT2D eigenvalue weighted by Crippen LogP contribution is -2.24. The lowest BCUT2D eigenvalue weighted by molar-refractivity contribution is 0.510. The molecular weight excluding hydrogens is 341 g/mol. The summed E-state index contributed by atoms with van der Waals surface area (Å²) in [5, 5.41) is 3.75. The Kier molecular flexibility index (Phi) is 5.58. The van der Waals surface area contributed by atoms with E-state index in [0.29, 0.717) is 10.6 Å². The summed E-state index contributed by atoms with van der Waals surface area (Å²) in [6.07, 6.45) is 0.728. The third-order valence-electron chi connectivity index (χ3n) is 3.12. The Hall–Kier alpha value is -0.900. The van der Waals surface area contributed by atoms with E-state index in [2.05, 4.69) is 27.3 Å². The molecule has 0 aliphatic rings. The van der Waals surface area contributed by atoms with Gasteiger partial charge in [0.15, 0.2) is 0 Å². The SMILES string of the molecule is CCNC(Cc1cccc(Br)c1)c1ccc(Cl)cc1F. The monoisotopic (exact) mass is 355 g/mol. The Balaban J connectivity index is 2.26. The van der Waals surface area contributed by atoms with Crippen LogP contribution in [-0.4, -0.2) is 6.54 Å². The zero-order valence-corrected chi connectivity index (χ0v) is 13.5. The van der Waals surface area contributed by atoms with Gasteiger partial charge >= 0.3 is 0 Å². The first-order valence-electron chi connectivity index (χ1n) is 6.53. The fourth-order valence-electron chi connectivity index (χ4n) is 2.22. The smallest absolute Gasteiger partial charge is 0.129 e. The summed E-state index contributed by atoms with van der Waals surface area (Å²) in [4.78, 5) is 0. The summed E-state index contributed by atoms with van der Waals surface area (Å²) < 4.78 is 15.1. The average Bonchev–Trinajstić information content (AvgIpc) is 2.38. The number of nitrogens with one attached hydrogen (secondary N) is 1. The molecule has 0 radical (unpaired) electrons. The summed E-state index contributed by atoms with van der Waals surface area (Å²) in [6, 6.07) is 12.8. The van der Waals surface area contributed by atoms with E-state index in [1.807, 2.05) is 25.1 Å². The van der Waals surface area contributed by atoms with Gasteiger partial charge in [-0.25, -0.2) is 4.39 Å². The van der Waals surface area contributed by atoms with Crippen LogP contribution in [0.15, 0.2) is 46.9 Å². The van der Waals surface area contributed by atoms with Crippen LogP contribution in [0, 0.1) is 5.82 Å². The average molecular weight is 357 g/mol. The van der Waals surface area contributed by atoms with Crippen molar-refractivity contribution >= 4 is 27.5 Å². The van der Waals surface area contributed by atoms with Crippen molar-refractivity contribution in [2.45, 2.75) is 19.4 Å². The maximum absolute atomic E-state index is 14.1. The van der Waals surface area contributed by atoms with Crippen LogP contribution >= 0.6 is 27.5 Å². The van der Waals surface area contributed by atoms with Gasteiger partial charge in [-0.1, -0.05) is 52.7 Å². The highest BCUT2D eigenvalue weighted by Gasteiger charge is 2.15. The highest BCUT2D eigenvalue weighted by molar-refractivity contribution is 9.10. The first-order valence-corrected chi connectivity index (χ1v) is 7.70. The molecule has 20 heavy (non-hydrogen) atoms. The van der Waals surface area contributed by atoms with Gasteiger partial charge in [-0.15, -0.1) is 0 Å². The predicted octanol–water partition coefficient (Wildman–Crippen LogP) is 5.13. The Morgan fingerprint density at radius 2 is 2.05 bits per heavy atom. The van der Waals surface area contributed by atoms with Crippen LogP contribution in [0.5, 0.6) is 0 Å². The number of halogens is 3. The van der Waals surface area contributed by atoms with Crippen LogP contribution in [0.2, 0.25) is 5.02 Å². The number of hydrogen-bond donors (Lipinski definition) is 1. The largest absolute Gasteiger partial charge is 0.310 e. The van der Waals surface area contributed by atoms with Gasteiger partial charge in [-0.2, -0.15) is 0 Å². The van der Waals surface area contributed by atoms with Crippen molar-refractivity contribution in [2.75, 3.05) is 6.54 Å². The molecule has 1 nitrogen and oxygen atoms in total. The van der Waals surface area contributed by atoms with E-state index in [1.165, 1.54) is 6.07 Å². The molecule has 1 unspecified atom stereocenters. The summed E-state index contributed by atoms with van der Waals surface area (Å²) >= 11 is 9.27. The van der Waals surface area contributed by atoms with Gasteiger partial charge < -0.3 is 5.32 Å². The van der Waals surface area contributed by atoms with E-state index < -0.39 is 0 Å². The molecule has 0 spiro atoms. The van der Waals surface area contributed by atoms with E-state index in [-0.39, 0.29) is 11.9 Å². The van der Waals surface area contributed by atoms with Gasteiger partial charge in [-0.05, 0) is 42.8 Å². The molecular formula is C16H16BrClFN. The third kappa shape index (κ3) is 4.05. The summed E-state index contributed by atoms with van der Waals surface area (Å²) in [7, 11) is 0. The highest BCUT2D eigenvalue weighted by Crippen LogP contribution is 2.25. The van der Waals surface area contributed by atoms with Crippen molar-refractivity contribution in [2.24, 2.45) is 0 Å². The second-order valence-electron chi connectivity index (χ2n) is 4.61. The molecule has 0 amide bonds. The molecule has 106 valence electrons. The van der Waals surface area contributed by atoms with Crippen LogP contribution in [0.4, 0.5) is 4.39 Å². The molecule has 2 aromatic carbocycles. The van der Waals surface area contributed by atoms with Crippen LogP contribution in [0.1, 0.15) is 24.1 Å². The maximum atomic E-state index is 14.1. The minimum atomic E-state index is -0.265. The number of rotatable bonds is 5. The van der Waals surface area contributed by atoms with Crippen molar-refractivity contribution in [1.29, 1.82) is 0 Å². The van der Waals surface area contributed by atoms with Crippen LogP contribution in [0.3, 0.4) is 0 Å². The zero-order valence-electron chi connectivity index (χ0n) is 11.2. The number of hydrogen-bond acceptors (Lipinski definition) is 1. The van der Waals surface area contributed by atoms with Gasteiger partial charge in [0, 0.05) is 21.1 Å². The van der Waals surface area contributed by atoms with Crippen LogP contribution in [0.25, 0.3) is 0 Å². The van der Waals surface area contributed by atoms with Gasteiger partial charge in [-0.3, -0.25) is 0 Å². The first-order chi connectivity index (χ1) is 9.60. The van der Waals surface area contributed by atoms with E-state index in [9.17, 15) is 4.39 Å². The fourth-order valence-corrected chi connectivity index (χ4v) is 2.83. The molecule has 1 atom stereocenters. The minimum absolute atomic E-state index is 0.0634. The molecule has 0 aliphatic carbocycles. The standard InChI is InChI=1S/C16H16BrClFN/c1-2-20-16(9-11-4-3-5-12(17)8-11)14-7-6-13(18)10-15(14)19/h3-8,10,16,20H,2,9H2,1H3. The van der Waals surface area contributed by atoms with E-state index >= 15 is 0 Å². The topological polar surface area (TPSA) is 12.0 Å². The summed E-state index contributed by atoms with van der Waals surface area (Å²) in [5.41, 5.74) is 1.80. The fraction of sp³-hybridized carbons (Fsp3) is 0.250. The molecule has 4 heteroatoms. The molecule has 0 bridgehead atoms. The molecule has 0 fully saturated rings. The molecule has 1 N–H and O–H groups in total. The van der Waals surface area contributed by atoms with E-state index in [0.717, 1.165) is 23.0 Å². The van der Waals surface area contributed by atoms with Gasteiger partial charge in [0.05, 0.1) is 0 Å². The maximum Gasteiger partial charge on any atom is 0.129 e. The molecule has 0 aliphatic heterocycles. The molecule has 2 rings (SSSR count). The normalized spacial score (nSPS) is 12.4. The van der Waals surface area contributed by atoms with Crippen molar-refractivity contribution < 1.29 is 4.39 Å². The summed E-state index contributed by atoms with van der Waals surface area (Å²) in [6.45, 7) is 2.79. The first kappa shape index (κ1) is 15.5. The van der Waals surface area contributed by atoms with Crippen molar-refractivity contribution in [3.63, 3.8) is 0 Å². The quantitative estimate of drug-likeness (QED) is 0.782. The third-order valence-corrected chi connectivity index (χ3v) is 3.85. The molecule has 2 aromatic rings. The molecule has 0 saturated heterocycles. The number of likely N-dealkylation sites (N-methyl/N-ethyl adjacent to an activating group) is 1. The van der Waals surface area contributed by atoms with Gasteiger partial charge in [0.25, 0.3) is 0 Å². The highest BCUT2D eigenvalue weighted by atomic mass is 79.9. The van der Waals surface area contributed by atoms with Crippen molar-refractivity contribution in [3.8, 4) is 0 Å². The van der Waals surface area contributed by atoms with Gasteiger partial charge in [0.2, 0.25) is 0 Å². The van der Waals surface area contributed by atoms with E-state index in [1.54, 1.807) is 12.1 Å². The molecule has 0 heterocycles. The minimum Gasteiger partial charge on any atom is -0.310 e. The Labute approximate surface area is 132 Å². The Bertz CT molecular complexity index is 588.